The van der Waals surface area contributed by atoms with Crippen LogP contribution in [0.5, 0.6) is 0 Å². The second-order valence-electron chi connectivity index (χ2n) is 6.93. The minimum atomic E-state index is -3.54. The van der Waals surface area contributed by atoms with E-state index in [4.69, 9.17) is 0 Å². The highest BCUT2D eigenvalue weighted by Gasteiger charge is 2.25. The first-order chi connectivity index (χ1) is 13.3. The van der Waals surface area contributed by atoms with Crippen LogP contribution in [0, 0.1) is 13.8 Å². The van der Waals surface area contributed by atoms with Crippen molar-refractivity contribution in [2.24, 2.45) is 0 Å². The lowest BCUT2D eigenvalue weighted by Crippen LogP contribution is -2.31. The van der Waals surface area contributed by atoms with Crippen LogP contribution in [0.2, 0.25) is 0 Å². The molecule has 1 amide bonds. The van der Waals surface area contributed by atoms with Crippen LogP contribution in [-0.2, 0) is 10.0 Å². The third-order valence-electron chi connectivity index (χ3n) is 5.01. The zero-order valence-corrected chi connectivity index (χ0v) is 16.8. The topological polar surface area (TPSA) is 112 Å². The molecular formula is C19H24N4O4S. The number of anilines is 1. The molecule has 0 spiro atoms. The maximum atomic E-state index is 12.8. The normalized spacial score (nSPS) is 15.8. The molecule has 0 aliphatic carbocycles. The van der Waals surface area contributed by atoms with E-state index in [-0.39, 0.29) is 10.5 Å². The third kappa shape index (κ3) is 4.15. The molecule has 8 nitrogen and oxygen atoms in total. The lowest BCUT2D eigenvalue weighted by atomic mass is 10.1. The number of sulfonamides is 1. The molecule has 1 aromatic carbocycles. The highest BCUT2D eigenvalue weighted by Crippen LogP contribution is 2.22. The molecule has 0 bridgehead atoms. The molecule has 1 fully saturated rings. The Bertz CT molecular complexity index is 1020. The van der Waals surface area contributed by atoms with Crippen molar-refractivity contribution in [1.29, 1.82) is 0 Å². The number of rotatable bonds is 4. The number of nitrogens with zero attached hydrogens (tertiary/aromatic N) is 2. The van der Waals surface area contributed by atoms with Gasteiger partial charge in [-0.15, -0.1) is 0 Å². The van der Waals surface area contributed by atoms with E-state index >= 15 is 0 Å². The lowest BCUT2D eigenvalue weighted by Gasteiger charge is -2.20. The van der Waals surface area contributed by atoms with Gasteiger partial charge >= 0.3 is 0 Å². The molecule has 1 aromatic heterocycles. The van der Waals surface area contributed by atoms with Gasteiger partial charge in [0, 0.05) is 18.8 Å². The fourth-order valence-corrected chi connectivity index (χ4v) is 4.75. The molecule has 9 heteroatoms. The van der Waals surface area contributed by atoms with Crippen molar-refractivity contribution < 1.29 is 13.2 Å². The number of aromatic nitrogens is 2. The van der Waals surface area contributed by atoms with Gasteiger partial charge in [0.1, 0.15) is 5.56 Å². The summed E-state index contributed by atoms with van der Waals surface area (Å²) in [4.78, 5) is 24.6. The Labute approximate surface area is 164 Å². The molecule has 0 radical (unpaired) electrons. The molecule has 3 rings (SSSR count). The Kier molecular flexibility index (Phi) is 5.95. The van der Waals surface area contributed by atoms with E-state index in [9.17, 15) is 18.0 Å². The van der Waals surface area contributed by atoms with Crippen molar-refractivity contribution in [3.8, 4) is 0 Å². The highest BCUT2D eigenvalue weighted by atomic mass is 32.2. The van der Waals surface area contributed by atoms with E-state index in [2.05, 4.69) is 15.5 Å². The average molecular weight is 404 g/mol. The molecule has 2 heterocycles. The summed E-state index contributed by atoms with van der Waals surface area (Å²) in [5, 5.41) is 8.76. The zero-order valence-electron chi connectivity index (χ0n) is 16.0. The number of nitrogens with one attached hydrogen (secondary N) is 2. The molecule has 28 heavy (non-hydrogen) atoms. The predicted octanol–water partition coefficient (Wildman–Crippen LogP) is 2.20. The number of hydrogen-bond acceptors (Lipinski definition) is 5. The van der Waals surface area contributed by atoms with E-state index in [1.54, 1.807) is 13.8 Å². The van der Waals surface area contributed by atoms with Gasteiger partial charge in [0.2, 0.25) is 10.0 Å². The quantitative estimate of drug-likeness (QED) is 0.811. The Balaban J connectivity index is 1.79. The second-order valence-corrected chi connectivity index (χ2v) is 8.87. The molecule has 150 valence electrons. The number of amides is 1. The van der Waals surface area contributed by atoms with Crippen molar-refractivity contribution in [2.45, 2.75) is 44.4 Å². The number of carbonyl (C=O) groups excluding carboxylic acids is 1. The monoisotopic (exact) mass is 404 g/mol. The Hall–Kier alpha value is -2.52. The number of H-pyrrole nitrogens is 1. The molecule has 0 saturated carbocycles. The third-order valence-corrected chi connectivity index (χ3v) is 6.92. The highest BCUT2D eigenvalue weighted by molar-refractivity contribution is 7.89. The van der Waals surface area contributed by atoms with Gasteiger partial charge < -0.3 is 5.32 Å². The summed E-state index contributed by atoms with van der Waals surface area (Å²) in [7, 11) is -3.54. The zero-order chi connectivity index (χ0) is 20.3. The van der Waals surface area contributed by atoms with Crippen LogP contribution in [0.25, 0.3) is 0 Å². The second kappa shape index (κ2) is 8.24. The number of carbonyl (C=O) groups is 1. The first kappa shape index (κ1) is 20.2. The van der Waals surface area contributed by atoms with Crippen molar-refractivity contribution in [2.75, 3.05) is 18.4 Å². The van der Waals surface area contributed by atoms with Gasteiger partial charge in [-0.05, 0) is 56.5 Å². The SMILES string of the molecule is Cc1n[nH]c(=O)c(C(=O)Nc2ccc(S(=O)(=O)N3CCCCCC3)cc2)c1C. The van der Waals surface area contributed by atoms with Crippen molar-refractivity contribution >= 4 is 21.6 Å². The summed E-state index contributed by atoms with van der Waals surface area (Å²) in [6.07, 6.45) is 3.83. The summed E-state index contributed by atoms with van der Waals surface area (Å²) in [6, 6.07) is 6.01. The maximum absolute atomic E-state index is 12.8. The number of hydrogen-bond donors (Lipinski definition) is 2. The first-order valence-corrected chi connectivity index (χ1v) is 10.7. The number of aromatic amines is 1. The summed E-state index contributed by atoms with van der Waals surface area (Å²) in [6.45, 7) is 4.42. The van der Waals surface area contributed by atoms with Crippen molar-refractivity contribution in [3.05, 3.63) is 51.4 Å². The molecular weight excluding hydrogens is 380 g/mol. The Morgan fingerprint density at radius 2 is 1.68 bits per heavy atom. The summed E-state index contributed by atoms with van der Waals surface area (Å²) < 4.78 is 27.1. The summed E-state index contributed by atoms with van der Waals surface area (Å²) >= 11 is 0. The maximum Gasteiger partial charge on any atom is 0.277 e. The molecule has 2 aromatic rings. The molecule has 0 unspecified atom stereocenters. The molecule has 1 aliphatic rings. The fourth-order valence-electron chi connectivity index (χ4n) is 3.23. The van der Waals surface area contributed by atoms with Crippen LogP contribution >= 0.6 is 0 Å². The van der Waals surface area contributed by atoms with E-state index in [0.29, 0.717) is 30.0 Å². The average Bonchev–Trinajstić information content (AvgIpc) is 2.95. The van der Waals surface area contributed by atoms with Crippen LogP contribution in [-0.4, -0.2) is 41.9 Å². The van der Waals surface area contributed by atoms with Crippen LogP contribution in [0.3, 0.4) is 0 Å². The van der Waals surface area contributed by atoms with Crippen molar-refractivity contribution in [3.63, 3.8) is 0 Å². The Morgan fingerprint density at radius 1 is 1.07 bits per heavy atom. The lowest BCUT2D eigenvalue weighted by molar-refractivity contribution is 0.102. The smallest absolute Gasteiger partial charge is 0.277 e. The predicted molar refractivity (Wildman–Crippen MR) is 106 cm³/mol. The van der Waals surface area contributed by atoms with Gasteiger partial charge in [0.15, 0.2) is 0 Å². The van der Waals surface area contributed by atoms with Gasteiger partial charge in [-0.25, -0.2) is 13.5 Å². The number of aryl methyl sites for hydroxylation is 1. The van der Waals surface area contributed by atoms with Crippen LogP contribution < -0.4 is 10.9 Å². The molecule has 2 N–H and O–H groups in total. The first-order valence-electron chi connectivity index (χ1n) is 9.28. The van der Waals surface area contributed by atoms with Crippen molar-refractivity contribution in [1.82, 2.24) is 14.5 Å². The van der Waals surface area contributed by atoms with Gasteiger partial charge in [0.05, 0.1) is 10.6 Å². The minimum absolute atomic E-state index is 0.00577. The van der Waals surface area contributed by atoms with Crippen LogP contribution in [0.15, 0.2) is 34.0 Å². The van der Waals surface area contributed by atoms with Crippen LogP contribution in [0.4, 0.5) is 5.69 Å². The molecule has 1 saturated heterocycles. The van der Waals surface area contributed by atoms with Gasteiger partial charge in [-0.1, -0.05) is 12.8 Å². The minimum Gasteiger partial charge on any atom is -0.322 e. The largest absolute Gasteiger partial charge is 0.322 e. The van der Waals surface area contributed by atoms with Gasteiger partial charge in [-0.3, -0.25) is 9.59 Å². The fraction of sp³-hybridized carbons (Fsp3) is 0.421. The van der Waals surface area contributed by atoms with Gasteiger partial charge in [-0.2, -0.15) is 9.40 Å². The van der Waals surface area contributed by atoms with Gasteiger partial charge in [0.25, 0.3) is 11.5 Å². The van der Waals surface area contributed by atoms with E-state index in [0.717, 1.165) is 25.7 Å². The molecule has 0 atom stereocenters. The van der Waals surface area contributed by atoms with E-state index < -0.39 is 21.5 Å². The van der Waals surface area contributed by atoms with E-state index in [1.165, 1.54) is 28.6 Å². The van der Waals surface area contributed by atoms with E-state index in [1.807, 2.05) is 0 Å². The summed E-state index contributed by atoms with van der Waals surface area (Å²) in [5.41, 5.74) is 0.896. The standard InChI is InChI=1S/C19H24N4O4S/c1-13-14(2)21-22-19(25)17(13)18(24)20-15-7-9-16(10-8-15)28(26,27)23-11-5-3-4-6-12-23/h7-10H,3-6,11-12H2,1-2H3,(H,20,24)(H,22,25). The Morgan fingerprint density at radius 3 is 2.29 bits per heavy atom. The molecule has 1 aliphatic heterocycles. The number of benzene rings is 1. The summed E-state index contributed by atoms with van der Waals surface area (Å²) in [5.74, 6) is -0.563. The van der Waals surface area contributed by atoms with Crippen LogP contribution in [0.1, 0.15) is 47.3 Å².